The van der Waals surface area contributed by atoms with Gasteiger partial charge in [0, 0.05) is 18.2 Å². The zero-order valence-corrected chi connectivity index (χ0v) is 10.4. The van der Waals surface area contributed by atoms with Crippen molar-refractivity contribution in [2.45, 2.75) is 11.4 Å². The summed E-state index contributed by atoms with van der Waals surface area (Å²) in [4.78, 5) is 7.71. The van der Waals surface area contributed by atoms with Crippen LogP contribution in [0.2, 0.25) is 0 Å². The molecule has 0 radical (unpaired) electrons. The van der Waals surface area contributed by atoms with Crippen molar-refractivity contribution in [3.05, 3.63) is 18.1 Å². The average Bonchev–Trinajstić information content (AvgIpc) is 2.23. The largest absolute Gasteiger partial charge is 0.233 e. The van der Waals surface area contributed by atoms with Gasteiger partial charge in [-0.25, -0.2) is 18.4 Å². The predicted molar refractivity (Wildman–Crippen MR) is 61.8 cm³/mol. The number of hydrogen-bond acceptors (Lipinski definition) is 6. The molecule has 0 bridgehead atoms. The van der Waals surface area contributed by atoms with Crippen LogP contribution in [0.25, 0.3) is 0 Å². The highest BCUT2D eigenvalue weighted by molar-refractivity contribution is 7.99. The maximum atomic E-state index is 10.9. The molecule has 5 nitrogen and oxygen atoms in total. The second kappa shape index (κ2) is 5.82. The SMILES string of the molecule is CS(=O)(=O)CCCSc1ccnc(C#N)n1. The minimum Gasteiger partial charge on any atom is -0.229 e. The molecule has 0 saturated carbocycles. The van der Waals surface area contributed by atoms with Gasteiger partial charge in [-0.05, 0) is 12.5 Å². The van der Waals surface area contributed by atoms with E-state index >= 15 is 0 Å². The Morgan fingerprint density at radius 2 is 2.31 bits per heavy atom. The number of rotatable bonds is 5. The van der Waals surface area contributed by atoms with E-state index in [0.717, 1.165) is 0 Å². The summed E-state index contributed by atoms with van der Waals surface area (Å²) in [5.74, 6) is 0.971. The molecule has 1 heterocycles. The summed E-state index contributed by atoms with van der Waals surface area (Å²) in [5, 5.41) is 9.27. The number of hydrogen-bond donors (Lipinski definition) is 0. The van der Waals surface area contributed by atoms with Crippen LogP contribution in [0.4, 0.5) is 0 Å². The van der Waals surface area contributed by atoms with Gasteiger partial charge in [0.15, 0.2) is 0 Å². The number of thioether (sulfide) groups is 1. The molecular weight excluding hydrogens is 246 g/mol. The topological polar surface area (TPSA) is 83.7 Å². The van der Waals surface area contributed by atoms with Gasteiger partial charge >= 0.3 is 0 Å². The fraction of sp³-hybridized carbons (Fsp3) is 0.444. The quantitative estimate of drug-likeness (QED) is 0.442. The van der Waals surface area contributed by atoms with Gasteiger partial charge < -0.3 is 0 Å². The number of nitrogens with zero attached hydrogens (tertiary/aromatic N) is 3. The van der Waals surface area contributed by atoms with Crippen LogP contribution in [-0.4, -0.2) is 36.1 Å². The first-order valence-corrected chi connectivity index (χ1v) is 7.59. The molecule has 16 heavy (non-hydrogen) atoms. The maximum absolute atomic E-state index is 10.9. The van der Waals surface area contributed by atoms with Crippen LogP contribution < -0.4 is 0 Å². The molecule has 0 aliphatic carbocycles. The Morgan fingerprint density at radius 3 is 2.94 bits per heavy atom. The summed E-state index contributed by atoms with van der Waals surface area (Å²) in [6.07, 6.45) is 3.32. The number of nitriles is 1. The monoisotopic (exact) mass is 257 g/mol. The Bertz CT molecular complexity index is 494. The molecule has 86 valence electrons. The fourth-order valence-electron chi connectivity index (χ4n) is 0.974. The van der Waals surface area contributed by atoms with Crippen molar-refractivity contribution in [2.75, 3.05) is 17.8 Å². The van der Waals surface area contributed by atoms with Gasteiger partial charge in [0.1, 0.15) is 20.9 Å². The third kappa shape index (κ3) is 5.09. The molecule has 0 spiro atoms. The highest BCUT2D eigenvalue weighted by Crippen LogP contribution is 2.15. The lowest BCUT2D eigenvalue weighted by molar-refractivity contribution is 0.600. The van der Waals surface area contributed by atoms with E-state index in [1.54, 1.807) is 6.07 Å². The second-order valence-corrected chi connectivity index (χ2v) is 6.54. The van der Waals surface area contributed by atoms with Crippen molar-refractivity contribution in [1.29, 1.82) is 5.26 Å². The molecule has 0 unspecified atom stereocenters. The van der Waals surface area contributed by atoms with Crippen LogP contribution in [-0.2, 0) is 9.84 Å². The van der Waals surface area contributed by atoms with Crippen molar-refractivity contribution < 1.29 is 8.42 Å². The Hall–Kier alpha value is -1.13. The molecule has 0 amide bonds. The highest BCUT2D eigenvalue weighted by Gasteiger charge is 2.03. The minimum absolute atomic E-state index is 0.133. The first kappa shape index (κ1) is 12.9. The van der Waals surface area contributed by atoms with E-state index in [9.17, 15) is 8.42 Å². The zero-order valence-electron chi connectivity index (χ0n) is 8.75. The highest BCUT2D eigenvalue weighted by atomic mass is 32.2. The lowest BCUT2D eigenvalue weighted by atomic mass is 10.6. The van der Waals surface area contributed by atoms with Gasteiger partial charge in [-0.2, -0.15) is 5.26 Å². The van der Waals surface area contributed by atoms with Gasteiger partial charge in [-0.1, -0.05) is 0 Å². The molecule has 0 aliphatic rings. The van der Waals surface area contributed by atoms with E-state index in [1.165, 1.54) is 24.2 Å². The Morgan fingerprint density at radius 1 is 1.56 bits per heavy atom. The van der Waals surface area contributed by atoms with Crippen molar-refractivity contribution >= 4 is 21.6 Å². The first-order valence-electron chi connectivity index (χ1n) is 4.55. The smallest absolute Gasteiger partial charge is 0.229 e. The molecule has 1 rings (SSSR count). The Labute approximate surface area is 98.8 Å². The number of aromatic nitrogens is 2. The molecule has 0 fully saturated rings. The molecular formula is C9H11N3O2S2. The summed E-state index contributed by atoms with van der Waals surface area (Å²) in [6.45, 7) is 0. The van der Waals surface area contributed by atoms with Crippen molar-refractivity contribution in [1.82, 2.24) is 9.97 Å². The molecule has 0 aliphatic heterocycles. The molecule has 0 aromatic carbocycles. The van der Waals surface area contributed by atoms with E-state index in [0.29, 0.717) is 17.2 Å². The van der Waals surface area contributed by atoms with Crippen LogP contribution in [0.5, 0.6) is 0 Å². The van der Waals surface area contributed by atoms with Crippen LogP contribution >= 0.6 is 11.8 Å². The van der Waals surface area contributed by atoms with Crippen LogP contribution in [0, 0.1) is 11.3 Å². The molecule has 1 aromatic rings. The molecule has 0 atom stereocenters. The van der Waals surface area contributed by atoms with Crippen molar-refractivity contribution in [2.24, 2.45) is 0 Å². The average molecular weight is 257 g/mol. The van der Waals surface area contributed by atoms with Gasteiger partial charge in [-0.3, -0.25) is 0 Å². The fourth-order valence-corrected chi connectivity index (χ4v) is 2.63. The summed E-state index contributed by atoms with van der Waals surface area (Å²) in [5.41, 5.74) is 0. The van der Waals surface area contributed by atoms with Gasteiger partial charge in [0.2, 0.25) is 5.82 Å². The molecule has 1 aromatic heterocycles. The van der Waals surface area contributed by atoms with Crippen LogP contribution in [0.15, 0.2) is 17.3 Å². The maximum Gasteiger partial charge on any atom is 0.233 e. The summed E-state index contributed by atoms with van der Waals surface area (Å²) < 4.78 is 21.7. The molecule has 7 heteroatoms. The lowest BCUT2D eigenvalue weighted by Crippen LogP contribution is -2.03. The first-order chi connectivity index (χ1) is 7.51. The lowest BCUT2D eigenvalue weighted by Gasteiger charge is -2.00. The van der Waals surface area contributed by atoms with Crippen molar-refractivity contribution in [3.8, 4) is 6.07 Å². The second-order valence-electron chi connectivity index (χ2n) is 3.16. The summed E-state index contributed by atoms with van der Waals surface area (Å²) in [7, 11) is -2.89. The zero-order chi connectivity index (χ0) is 12.0. The van der Waals surface area contributed by atoms with Crippen LogP contribution in [0.3, 0.4) is 0 Å². The van der Waals surface area contributed by atoms with Gasteiger partial charge in [-0.15, -0.1) is 11.8 Å². The molecule has 0 saturated heterocycles. The predicted octanol–water partition coefficient (Wildman–Crippen LogP) is 0.875. The Balaban J connectivity index is 2.41. The van der Waals surface area contributed by atoms with E-state index in [1.807, 2.05) is 6.07 Å². The van der Waals surface area contributed by atoms with E-state index in [-0.39, 0.29) is 11.6 Å². The third-order valence-electron chi connectivity index (χ3n) is 1.64. The van der Waals surface area contributed by atoms with E-state index < -0.39 is 9.84 Å². The van der Waals surface area contributed by atoms with Gasteiger partial charge in [0.25, 0.3) is 0 Å². The molecule has 0 N–H and O–H groups in total. The van der Waals surface area contributed by atoms with E-state index in [2.05, 4.69) is 9.97 Å². The summed E-state index contributed by atoms with van der Waals surface area (Å²) in [6, 6.07) is 3.55. The third-order valence-corrected chi connectivity index (χ3v) is 3.69. The van der Waals surface area contributed by atoms with E-state index in [4.69, 9.17) is 5.26 Å². The van der Waals surface area contributed by atoms with Crippen molar-refractivity contribution in [3.63, 3.8) is 0 Å². The summed E-state index contributed by atoms with van der Waals surface area (Å²) >= 11 is 1.42. The normalized spacial score (nSPS) is 11.0. The van der Waals surface area contributed by atoms with Gasteiger partial charge in [0.05, 0.1) is 5.75 Å². The standard InChI is InChI=1S/C9H11N3O2S2/c1-16(13,14)6-2-5-15-9-3-4-11-8(7-10)12-9/h3-4H,2,5-6H2,1H3. The number of sulfone groups is 1. The van der Waals surface area contributed by atoms with Crippen LogP contribution in [0.1, 0.15) is 12.2 Å². The Kier molecular flexibility index (Phi) is 4.71. The minimum atomic E-state index is -2.89.